The van der Waals surface area contributed by atoms with Crippen LogP contribution in [0.3, 0.4) is 0 Å². The van der Waals surface area contributed by atoms with E-state index in [-0.39, 0.29) is 44.9 Å². The average Bonchev–Trinajstić information content (AvgIpc) is 3.34. The number of benzene rings is 6. The van der Waals surface area contributed by atoms with Crippen LogP contribution in [0.4, 0.5) is 0 Å². The third-order valence-corrected chi connectivity index (χ3v) is 13.9. The second kappa shape index (κ2) is 41.8. The van der Waals surface area contributed by atoms with E-state index in [1.54, 1.807) is 0 Å². The van der Waals surface area contributed by atoms with Gasteiger partial charge in [0.25, 0.3) is 0 Å². The van der Waals surface area contributed by atoms with Crippen LogP contribution in [0, 0.1) is 0 Å². The summed E-state index contributed by atoms with van der Waals surface area (Å²) < 4.78 is 63.6. The minimum atomic E-state index is -4.06. The molecule has 16 nitrogen and oxygen atoms in total. The Kier molecular flexibility index (Phi) is 43.0. The number of primary amides is 1. The number of hydrogen-bond acceptors (Lipinski definition) is 11. The first-order valence-corrected chi connectivity index (χ1v) is 45.7. The van der Waals surface area contributed by atoms with E-state index in [2.05, 4.69) is 83.5 Å². The molecule has 0 heterocycles. The van der Waals surface area contributed by atoms with Gasteiger partial charge in [-0.15, -0.1) is 4.33 Å². The summed E-state index contributed by atoms with van der Waals surface area (Å²) in [5.74, 6) is -2.64. The predicted molar refractivity (Wildman–Crippen MR) is 327 cm³/mol. The summed E-state index contributed by atoms with van der Waals surface area (Å²) in [6.45, 7) is 0. The van der Waals surface area contributed by atoms with E-state index in [9.17, 15) is 31.2 Å². The molecule has 0 saturated heterocycles. The molecule has 25 heteroatoms. The molecule has 0 aliphatic carbocycles. The van der Waals surface area contributed by atoms with Crippen molar-refractivity contribution in [3.8, 4) is 0 Å². The van der Waals surface area contributed by atoms with Crippen molar-refractivity contribution in [2.24, 2.45) is 5.73 Å². The Morgan fingerprint density at radius 2 is 0.740 bits per heavy atom. The first-order chi connectivity index (χ1) is 33.3. The van der Waals surface area contributed by atoms with Gasteiger partial charge in [0, 0.05) is 82.1 Å². The molecule has 6 aromatic rings. The molecule has 0 aliphatic heterocycles. The van der Waals surface area contributed by atoms with Crippen LogP contribution in [0.25, 0.3) is 0 Å². The molecule has 0 aliphatic rings. The van der Waals surface area contributed by atoms with E-state index in [1.807, 2.05) is 182 Å². The maximum atomic E-state index is 12.5. The van der Waals surface area contributed by atoms with E-state index in [1.165, 1.54) is 7.11 Å². The Balaban J connectivity index is -0.000000889. The summed E-state index contributed by atoms with van der Waals surface area (Å²) in [4.78, 5) is 33.2. The zero-order valence-electron chi connectivity index (χ0n) is 39.5. The van der Waals surface area contributed by atoms with Crippen LogP contribution < -0.4 is 25.1 Å². The zero-order chi connectivity index (χ0) is 52.6. The van der Waals surface area contributed by atoms with E-state index in [4.69, 9.17) is 20.7 Å². The van der Waals surface area contributed by atoms with Crippen LogP contribution in [-0.2, 0) is 65.5 Å². The molecule has 0 spiro atoms. The molecular weight excluding hydrogens is 1590 g/mol. The van der Waals surface area contributed by atoms with Gasteiger partial charge in [-0.3, -0.25) is 27.0 Å². The van der Waals surface area contributed by atoms with Gasteiger partial charge in [0.2, 0.25) is 5.91 Å². The van der Waals surface area contributed by atoms with Gasteiger partial charge >= 0.3 is 62.4 Å². The molecule has 0 bridgehead atoms. The van der Waals surface area contributed by atoms with Gasteiger partial charge in [0.05, 0.1) is 22.9 Å². The maximum absolute atomic E-state index is 12.5. The Bertz CT molecular complexity index is 2330. The minimum Gasteiger partial charge on any atom is -0.481 e. The Morgan fingerprint density at radius 1 is 0.548 bits per heavy atom. The fourth-order valence-corrected chi connectivity index (χ4v) is 10.1. The summed E-state index contributed by atoms with van der Waals surface area (Å²) in [6, 6.07) is 56.9. The van der Waals surface area contributed by atoms with Gasteiger partial charge in [-0.05, 0) is 33.4 Å². The molecule has 406 valence electrons. The number of hydrogen-bond donors (Lipinski definition) is 5. The van der Waals surface area contributed by atoms with Crippen LogP contribution in [0.15, 0.2) is 182 Å². The number of ether oxygens (including phenoxy) is 1. The standard InChI is InChI=1S/C16H16O3S.C15H15NO2S.C15H14O3S.C2H8O4S.I3.I2.H3N.2H2O/c1-19-15(17)12-20(18)16(13-8-4-2-5-9-13)14-10-6-3-7-11-14;2*16-14(17)11-19(18)15(12-7-3-1-4-8-12)13-9-5-2-6-10-13;1-7(2,4,5)6-3;1-3-2;1-2;;;/h2-11,16H,12H2,1H3;1-10,15H,11H2,(H2,16,17);1-10,15H,11H2,(H,16,17);3H,1-2H3,(H,4,5);;;1H3;2*1H2/q;;;;-1;;;;. The number of methoxy groups -OCH3 is 1. The topological polar surface area (TPSA) is 323 Å². The molecule has 0 aromatic heterocycles. The molecule has 73 heavy (non-hydrogen) atoms. The quantitative estimate of drug-likeness (QED) is 0.0307. The SMILES string of the molecule is COC(=O)CS(=O)C(c1ccccc1)c1ccccc1.CS(C)(=O)(O)OO.II.I[I-]I.N.NC(=O)CS(=O)C(c1ccccc1)c1ccccc1.O.O.O=C(O)CS(=O)C(c1ccccc1)c1ccccc1. The fourth-order valence-electron chi connectivity index (χ4n) is 5.94. The minimum absolute atomic E-state index is 0. The Morgan fingerprint density at radius 3 is 0.904 bits per heavy atom. The van der Waals surface area contributed by atoms with Crippen molar-refractivity contribution < 1.29 is 79.4 Å². The predicted octanol–water partition coefficient (Wildman–Crippen LogP) is 6.32. The summed E-state index contributed by atoms with van der Waals surface area (Å²) in [7, 11) is -6.97. The summed E-state index contributed by atoms with van der Waals surface area (Å²) >= 11 is 9.54. The van der Waals surface area contributed by atoms with E-state index in [0.29, 0.717) is 13.3 Å². The van der Waals surface area contributed by atoms with Gasteiger partial charge in [0.1, 0.15) is 26.9 Å². The number of carboxylic acid groups (broad SMARTS) is 1. The molecular formula is C48H60I5N2O14S4-. The van der Waals surface area contributed by atoms with Crippen molar-refractivity contribution in [2.45, 2.75) is 15.7 Å². The second-order valence-electron chi connectivity index (χ2n) is 14.4. The van der Waals surface area contributed by atoms with Crippen molar-refractivity contribution in [1.82, 2.24) is 6.15 Å². The molecule has 1 amide bonds. The molecule has 3 unspecified atom stereocenters. The van der Waals surface area contributed by atoms with Crippen molar-refractivity contribution in [2.75, 3.05) is 36.9 Å². The number of nitrogens with two attached hydrogens (primary N) is 1. The van der Waals surface area contributed by atoms with Crippen LogP contribution >= 0.6 is 74.5 Å². The first-order valence-electron chi connectivity index (χ1n) is 20.0. The monoisotopic (exact) mass is 1650 g/mol. The number of amides is 1. The smallest absolute Gasteiger partial charge is 0.316 e. The largest absolute Gasteiger partial charge is 0.481 e. The van der Waals surface area contributed by atoms with Crippen molar-refractivity contribution in [1.29, 1.82) is 0 Å². The van der Waals surface area contributed by atoms with Crippen LogP contribution in [0.5, 0.6) is 0 Å². The van der Waals surface area contributed by atoms with Crippen LogP contribution in [-0.4, -0.2) is 97.4 Å². The van der Waals surface area contributed by atoms with Crippen molar-refractivity contribution in [3.63, 3.8) is 0 Å². The number of halogens is 5. The summed E-state index contributed by atoms with van der Waals surface area (Å²) in [5.41, 5.74) is 10.6. The van der Waals surface area contributed by atoms with Crippen molar-refractivity contribution >= 4 is 134 Å². The summed E-state index contributed by atoms with van der Waals surface area (Å²) in [6.07, 6.45) is 1.80. The van der Waals surface area contributed by atoms with Gasteiger partial charge in [-0.25, -0.2) is 9.47 Å². The Hall–Kier alpha value is -2.26. The summed E-state index contributed by atoms with van der Waals surface area (Å²) in [5, 5.41) is 15.4. The average molecular weight is 1650 g/mol. The normalized spacial score (nSPS) is 11.8. The molecule has 0 radical (unpaired) electrons. The Labute approximate surface area is 487 Å². The molecule has 6 aromatic carbocycles. The fraction of sp³-hybridized carbons (Fsp3) is 0.188. The molecule has 3 atom stereocenters. The molecule has 12 N–H and O–H groups in total. The van der Waals surface area contributed by atoms with Gasteiger partial charge < -0.3 is 37.2 Å². The van der Waals surface area contributed by atoms with Gasteiger partial charge in [0.15, 0.2) is 0 Å². The first kappa shape index (κ1) is 75.0. The van der Waals surface area contributed by atoms with Crippen LogP contribution in [0.1, 0.15) is 49.1 Å². The molecule has 6 rings (SSSR count). The molecule has 0 saturated carbocycles. The van der Waals surface area contributed by atoms with E-state index >= 15 is 0 Å². The van der Waals surface area contributed by atoms with E-state index in [0.717, 1.165) is 45.9 Å². The molecule has 0 fully saturated rings. The number of esters is 1. The maximum Gasteiger partial charge on any atom is 0.316 e. The van der Waals surface area contributed by atoms with E-state index < -0.39 is 65.1 Å². The number of carbonyl (C=O) groups is 3. The third-order valence-electron chi connectivity index (χ3n) is 8.65. The number of rotatable bonds is 16. The van der Waals surface area contributed by atoms with Gasteiger partial charge in [-0.2, -0.15) is 0 Å². The number of aliphatic carboxylic acids is 1. The van der Waals surface area contributed by atoms with Gasteiger partial charge in [-0.1, -0.05) is 182 Å². The number of carboxylic acids is 1. The zero-order valence-corrected chi connectivity index (χ0v) is 53.6. The van der Waals surface area contributed by atoms with Crippen LogP contribution in [0.2, 0.25) is 0 Å². The number of carbonyl (C=O) groups excluding carboxylic acids is 2. The third kappa shape index (κ3) is 32.2. The van der Waals surface area contributed by atoms with Crippen molar-refractivity contribution in [3.05, 3.63) is 215 Å². The second-order valence-corrected chi connectivity index (χ2v) is 38.7.